The fourth-order valence-corrected chi connectivity index (χ4v) is 3.22. The number of benzene rings is 2. The van der Waals surface area contributed by atoms with Crippen LogP contribution in [0.3, 0.4) is 0 Å². The van der Waals surface area contributed by atoms with Crippen molar-refractivity contribution >= 4 is 10.9 Å². The summed E-state index contributed by atoms with van der Waals surface area (Å²) in [5, 5.41) is 5.93. The van der Waals surface area contributed by atoms with Crippen LogP contribution in [0.1, 0.15) is 11.3 Å². The zero-order chi connectivity index (χ0) is 18.1. The summed E-state index contributed by atoms with van der Waals surface area (Å²) in [4.78, 5) is 0. The number of rotatable bonds is 7. The highest BCUT2D eigenvalue weighted by Gasteiger charge is 2.22. The van der Waals surface area contributed by atoms with Crippen LogP contribution in [0.15, 0.2) is 71.1 Å². The average molecular weight is 360 g/mol. The van der Waals surface area contributed by atoms with Gasteiger partial charge in [0.05, 0.1) is 25.3 Å². The van der Waals surface area contributed by atoms with E-state index in [1.54, 1.807) is 0 Å². The van der Waals surface area contributed by atoms with Crippen molar-refractivity contribution in [2.45, 2.75) is 19.3 Å². The minimum Gasteiger partial charge on any atom is -0.457 e. The molecule has 0 aliphatic carbocycles. The van der Waals surface area contributed by atoms with Gasteiger partial charge in [-0.15, -0.1) is 0 Å². The molecule has 5 heteroatoms. The highest BCUT2D eigenvalue weighted by atomic mass is 16.6. The molecule has 0 saturated carbocycles. The lowest BCUT2D eigenvalue weighted by atomic mass is 10.2. The van der Waals surface area contributed by atoms with E-state index < -0.39 is 0 Å². The first-order valence-corrected chi connectivity index (χ1v) is 9.15. The monoisotopic (exact) mass is 360 g/mol. The Morgan fingerprint density at radius 3 is 2.67 bits per heavy atom. The molecule has 1 aliphatic heterocycles. The Morgan fingerprint density at radius 2 is 1.81 bits per heavy atom. The average Bonchev–Trinajstić information content (AvgIpc) is 3.29. The fraction of sp³-hybridized carbons (Fsp3) is 0.227. The molecule has 5 nitrogen and oxygen atoms in total. The molecule has 0 amide bonds. The first-order valence-electron chi connectivity index (χ1n) is 9.15. The molecule has 0 N–H and O–H groups in total. The molecule has 4 aromatic rings. The van der Waals surface area contributed by atoms with Crippen molar-refractivity contribution in [1.82, 2.24) is 9.78 Å². The van der Waals surface area contributed by atoms with Gasteiger partial charge >= 0.3 is 0 Å². The van der Waals surface area contributed by atoms with Crippen LogP contribution in [0.2, 0.25) is 0 Å². The maximum absolute atomic E-state index is 6.00. The highest BCUT2D eigenvalue weighted by molar-refractivity contribution is 5.92. The van der Waals surface area contributed by atoms with Crippen molar-refractivity contribution in [1.29, 1.82) is 0 Å². The predicted molar refractivity (Wildman–Crippen MR) is 102 cm³/mol. The van der Waals surface area contributed by atoms with Crippen LogP contribution in [0.25, 0.3) is 22.4 Å². The number of fused-ring (bicyclic) bond motifs is 1. The van der Waals surface area contributed by atoms with E-state index in [0.717, 1.165) is 41.3 Å². The predicted octanol–water partition coefficient (Wildman–Crippen LogP) is 4.26. The van der Waals surface area contributed by atoms with E-state index >= 15 is 0 Å². The fourth-order valence-electron chi connectivity index (χ4n) is 3.22. The molecule has 136 valence electrons. The van der Waals surface area contributed by atoms with Crippen molar-refractivity contribution in [3.05, 3.63) is 78.1 Å². The van der Waals surface area contributed by atoms with Gasteiger partial charge in [0.15, 0.2) is 5.76 Å². The molecule has 5 rings (SSSR count). The van der Waals surface area contributed by atoms with Gasteiger partial charge in [0.25, 0.3) is 0 Å². The molecule has 1 saturated heterocycles. The molecule has 3 heterocycles. The number of ether oxygens (including phenoxy) is 2. The van der Waals surface area contributed by atoms with E-state index in [9.17, 15) is 0 Å². The SMILES string of the molecule is c1ccc(Cn2nc(-c3ccc(COCC4CO4)o3)c3ccccc32)cc1. The van der Waals surface area contributed by atoms with Crippen LogP contribution >= 0.6 is 0 Å². The van der Waals surface area contributed by atoms with Gasteiger partial charge in [-0.25, -0.2) is 0 Å². The Kier molecular flexibility index (Phi) is 4.24. The second-order valence-corrected chi connectivity index (χ2v) is 6.75. The lowest BCUT2D eigenvalue weighted by molar-refractivity contribution is 0.0917. The molecule has 0 bridgehead atoms. The molecule has 2 aromatic carbocycles. The Hall–Kier alpha value is -2.89. The molecule has 1 fully saturated rings. The van der Waals surface area contributed by atoms with E-state index in [4.69, 9.17) is 19.0 Å². The molecular formula is C22H20N2O3. The lowest BCUT2D eigenvalue weighted by Gasteiger charge is -2.03. The molecule has 1 aliphatic rings. The van der Waals surface area contributed by atoms with Gasteiger partial charge in [0.2, 0.25) is 0 Å². The smallest absolute Gasteiger partial charge is 0.155 e. The van der Waals surface area contributed by atoms with Crippen molar-refractivity contribution in [2.24, 2.45) is 0 Å². The van der Waals surface area contributed by atoms with Crippen LogP contribution in [0, 0.1) is 0 Å². The van der Waals surface area contributed by atoms with Gasteiger partial charge in [-0.3, -0.25) is 4.68 Å². The maximum atomic E-state index is 6.00. The van der Waals surface area contributed by atoms with Crippen LogP contribution in [0.5, 0.6) is 0 Å². The standard InChI is InChI=1S/C22H20N2O3/c1-2-6-16(7-3-1)12-24-20-9-5-4-8-19(20)22(23-24)21-11-10-17(27-21)13-25-14-18-15-26-18/h1-11,18H,12-15H2. The Bertz CT molecular complexity index is 1050. The van der Waals surface area contributed by atoms with Crippen molar-refractivity contribution in [2.75, 3.05) is 13.2 Å². The minimum absolute atomic E-state index is 0.261. The number of nitrogens with zero attached hydrogens (tertiary/aromatic N) is 2. The summed E-state index contributed by atoms with van der Waals surface area (Å²) in [7, 11) is 0. The molecule has 0 radical (unpaired) electrons. The molecule has 1 atom stereocenters. The van der Waals surface area contributed by atoms with E-state index in [2.05, 4.69) is 24.3 Å². The normalized spacial score (nSPS) is 16.1. The largest absolute Gasteiger partial charge is 0.457 e. The van der Waals surface area contributed by atoms with E-state index in [-0.39, 0.29) is 6.10 Å². The maximum Gasteiger partial charge on any atom is 0.155 e. The van der Waals surface area contributed by atoms with Crippen molar-refractivity contribution in [3.8, 4) is 11.5 Å². The Morgan fingerprint density at radius 1 is 1.00 bits per heavy atom. The molecule has 0 spiro atoms. The number of aromatic nitrogens is 2. The summed E-state index contributed by atoms with van der Waals surface area (Å²) in [6, 6.07) is 22.5. The van der Waals surface area contributed by atoms with Crippen LogP contribution in [-0.4, -0.2) is 29.1 Å². The van der Waals surface area contributed by atoms with Crippen LogP contribution < -0.4 is 0 Å². The first-order chi connectivity index (χ1) is 13.4. The molecule has 1 unspecified atom stereocenters. The number of hydrogen-bond acceptors (Lipinski definition) is 4. The van der Waals surface area contributed by atoms with Gasteiger partial charge in [0, 0.05) is 5.39 Å². The minimum atomic E-state index is 0.261. The third kappa shape index (κ3) is 3.52. The summed E-state index contributed by atoms with van der Waals surface area (Å²) in [5.74, 6) is 1.56. The molecular weight excluding hydrogens is 340 g/mol. The van der Waals surface area contributed by atoms with E-state index in [1.807, 2.05) is 47.1 Å². The molecule has 2 aromatic heterocycles. The number of epoxide rings is 1. The topological polar surface area (TPSA) is 52.7 Å². The number of furan rings is 1. The Labute approximate surface area is 157 Å². The molecule has 27 heavy (non-hydrogen) atoms. The second kappa shape index (κ2) is 7.02. The van der Waals surface area contributed by atoms with Gasteiger partial charge in [-0.1, -0.05) is 48.5 Å². The van der Waals surface area contributed by atoms with Crippen molar-refractivity contribution in [3.63, 3.8) is 0 Å². The zero-order valence-electron chi connectivity index (χ0n) is 14.9. The number of para-hydroxylation sites is 1. The lowest BCUT2D eigenvalue weighted by Crippen LogP contribution is -2.01. The summed E-state index contributed by atoms with van der Waals surface area (Å²) in [5.41, 5.74) is 3.17. The van der Waals surface area contributed by atoms with Crippen LogP contribution in [0.4, 0.5) is 0 Å². The summed E-state index contributed by atoms with van der Waals surface area (Å²) < 4.78 is 18.8. The van der Waals surface area contributed by atoms with Crippen LogP contribution in [-0.2, 0) is 22.6 Å². The quantitative estimate of drug-likeness (QED) is 0.462. The third-order valence-electron chi connectivity index (χ3n) is 4.68. The summed E-state index contributed by atoms with van der Waals surface area (Å²) >= 11 is 0. The summed E-state index contributed by atoms with van der Waals surface area (Å²) in [6.07, 6.45) is 0.261. The van der Waals surface area contributed by atoms with E-state index in [0.29, 0.717) is 13.2 Å². The Balaban J connectivity index is 1.43. The summed E-state index contributed by atoms with van der Waals surface area (Å²) in [6.45, 7) is 2.58. The van der Waals surface area contributed by atoms with Crippen molar-refractivity contribution < 1.29 is 13.9 Å². The highest BCUT2D eigenvalue weighted by Crippen LogP contribution is 2.30. The van der Waals surface area contributed by atoms with E-state index in [1.165, 1.54) is 5.56 Å². The van der Waals surface area contributed by atoms with Gasteiger partial charge in [-0.05, 0) is 23.8 Å². The third-order valence-corrected chi connectivity index (χ3v) is 4.68. The second-order valence-electron chi connectivity index (χ2n) is 6.75. The number of hydrogen-bond donors (Lipinski definition) is 0. The van der Waals surface area contributed by atoms with Gasteiger partial charge < -0.3 is 13.9 Å². The van der Waals surface area contributed by atoms with Gasteiger partial charge in [0.1, 0.15) is 24.2 Å². The first kappa shape index (κ1) is 16.3. The zero-order valence-corrected chi connectivity index (χ0v) is 14.9. The van der Waals surface area contributed by atoms with Gasteiger partial charge in [-0.2, -0.15) is 5.10 Å².